The molecule has 0 saturated carbocycles. The Morgan fingerprint density at radius 2 is 1.81 bits per heavy atom. The topological polar surface area (TPSA) is 27.7 Å². The molecule has 0 amide bonds. The summed E-state index contributed by atoms with van der Waals surface area (Å²) in [4.78, 5) is 0. The zero-order chi connectivity index (χ0) is 14.7. The fraction of sp³-hybridized carbons (Fsp3) is 0.294. The lowest BCUT2D eigenvalue weighted by Crippen LogP contribution is -2.22. The highest BCUT2D eigenvalue weighted by molar-refractivity contribution is 5.32. The van der Waals surface area contributed by atoms with Crippen LogP contribution in [0.1, 0.15) is 18.1 Å². The second kappa shape index (κ2) is 5.84. The third kappa shape index (κ3) is 3.06. The maximum absolute atomic E-state index is 14.1. The van der Waals surface area contributed by atoms with E-state index in [0.29, 0.717) is 25.4 Å². The van der Waals surface area contributed by atoms with Crippen LogP contribution in [-0.2, 0) is 21.9 Å². The van der Waals surface area contributed by atoms with E-state index >= 15 is 0 Å². The predicted octanol–water partition coefficient (Wildman–Crippen LogP) is 3.62. The highest BCUT2D eigenvalue weighted by atomic mass is 19.1. The Labute approximate surface area is 123 Å². The molecule has 1 heterocycles. The highest BCUT2D eigenvalue weighted by Crippen LogP contribution is 2.33. The molecule has 0 bridgehead atoms. The smallest absolute Gasteiger partial charge is 0.192 e. The molecule has 0 spiro atoms. The van der Waals surface area contributed by atoms with Crippen LogP contribution in [0.15, 0.2) is 48.5 Å². The van der Waals surface area contributed by atoms with E-state index in [1.165, 1.54) is 6.07 Å². The average molecular weight is 288 g/mol. The molecule has 3 rings (SSSR count). The summed E-state index contributed by atoms with van der Waals surface area (Å²) in [5.74, 6) is -1.05. The molecule has 0 aliphatic carbocycles. The van der Waals surface area contributed by atoms with Crippen molar-refractivity contribution in [3.05, 3.63) is 65.5 Å². The number of rotatable bonds is 4. The summed E-state index contributed by atoms with van der Waals surface area (Å²) in [7, 11) is 0. The van der Waals surface area contributed by atoms with Crippen molar-refractivity contribution in [2.45, 2.75) is 19.3 Å². The van der Waals surface area contributed by atoms with Gasteiger partial charge in [0.05, 0.1) is 13.2 Å². The zero-order valence-corrected chi connectivity index (χ0v) is 11.8. The monoisotopic (exact) mass is 288 g/mol. The fourth-order valence-electron chi connectivity index (χ4n) is 2.32. The first kappa shape index (κ1) is 14.0. The van der Waals surface area contributed by atoms with Gasteiger partial charge in [0.1, 0.15) is 6.61 Å². The number of benzene rings is 2. The number of halogens is 1. The molecule has 2 aromatic rings. The Morgan fingerprint density at radius 3 is 2.48 bits per heavy atom. The minimum Gasteiger partial charge on any atom is -0.486 e. The van der Waals surface area contributed by atoms with Gasteiger partial charge < -0.3 is 14.2 Å². The summed E-state index contributed by atoms with van der Waals surface area (Å²) in [6, 6.07) is 14.5. The lowest BCUT2D eigenvalue weighted by atomic mass is 10.1. The minimum atomic E-state index is -0.862. The molecule has 1 aliphatic heterocycles. The van der Waals surface area contributed by atoms with Gasteiger partial charge in [-0.1, -0.05) is 30.3 Å². The number of ether oxygens (including phenoxy) is 3. The van der Waals surface area contributed by atoms with Crippen molar-refractivity contribution >= 4 is 0 Å². The maximum atomic E-state index is 14.1. The largest absolute Gasteiger partial charge is 0.486 e. The summed E-state index contributed by atoms with van der Waals surface area (Å²) in [6.45, 7) is 3.16. The standard InChI is InChI=1S/C17H17FO3/c1-17(20-9-10-21-17)14-7-8-16(15(18)11-14)19-12-13-5-3-2-4-6-13/h2-8,11H,9-10,12H2,1H3. The van der Waals surface area contributed by atoms with E-state index in [-0.39, 0.29) is 5.75 Å². The first-order valence-corrected chi connectivity index (χ1v) is 6.92. The Balaban J connectivity index is 1.73. The molecular weight excluding hydrogens is 271 g/mol. The molecule has 3 nitrogen and oxygen atoms in total. The van der Waals surface area contributed by atoms with Crippen molar-refractivity contribution < 1.29 is 18.6 Å². The van der Waals surface area contributed by atoms with Gasteiger partial charge in [-0.15, -0.1) is 0 Å². The average Bonchev–Trinajstić information content (AvgIpc) is 2.95. The van der Waals surface area contributed by atoms with E-state index in [1.54, 1.807) is 19.1 Å². The van der Waals surface area contributed by atoms with Gasteiger partial charge in [-0.3, -0.25) is 0 Å². The van der Waals surface area contributed by atoms with Crippen LogP contribution in [0.3, 0.4) is 0 Å². The molecule has 0 N–H and O–H groups in total. The molecule has 1 aliphatic rings. The van der Waals surface area contributed by atoms with Crippen LogP contribution >= 0.6 is 0 Å². The Kier molecular flexibility index (Phi) is 3.90. The van der Waals surface area contributed by atoms with Crippen LogP contribution in [0.25, 0.3) is 0 Å². The van der Waals surface area contributed by atoms with Crippen LogP contribution in [0, 0.1) is 5.82 Å². The molecule has 1 fully saturated rings. The molecule has 1 saturated heterocycles. The van der Waals surface area contributed by atoms with Gasteiger partial charge in [0.25, 0.3) is 0 Å². The van der Waals surface area contributed by atoms with Gasteiger partial charge in [-0.05, 0) is 30.7 Å². The lowest BCUT2D eigenvalue weighted by Gasteiger charge is -2.23. The molecule has 0 radical (unpaired) electrons. The summed E-state index contributed by atoms with van der Waals surface area (Å²) >= 11 is 0. The summed E-state index contributed by atoms with van der Waals surface area (Å²) in [5.41, 5.74) is 1.65. The van der Waals surface area contributed by atoms with E-state index in [2.05, 4.69) is 0 Å². The predicted molar refractivity (Wildman–Crippen MR) is 76.4 cm³/mol. The van der Waals surface area contributed by atoms with E-state index in [1.807, 2.05) is 30.3 Å². The van der Waals surface area contributed by atoms with Crippen LogP contribution in [0.4, 0.5) is 4.39 Å². The quantitative estimate of drug-likeness (QED) is 0.860. The fourth-order valence-corrected chi connectivity index (χ4v) is 2.32. The SMILES string of the molecule is CC1(c2ccc(OCc3ccccc3)c(F)c2)OCCO1. The Hall–Kier alpha value is -1.91. The number of hydrogen-bond donors (Lipinski definition) is 0. The maximum Gasteiger partial charge on any atom is 0.192 e. The van der Waals surface area contributed by atoms with E-state index in [0.717, 1.165) is 5.56 Å². The van der Waals surface area contributed by atoms with Crippen LogP contribution in [0.5, 0.6) is 5.75 Å². The summed E-state index contributed by atoms with van der Waals surface area (Å²) in [6.07, 6.45) is 0. The lowest BCUT2D eigenvalue weighted by molar-refractivity contribution is -0.149. The minimum absolute atomic E-state index is 0.226. The van der Waals surface area contributed by atoms with E-state index < -0.39 is 11.6 Å². The molecule has 0 atom stereocenters. The molecule has 0 unspecified atom stereocenters. The Morgan fingerprint density at radius 1 is 1.10 bits per heavy atom. The summed E-state index contributed by atoms with van der Waals surface area (Å²) in [5, 5.41) is 0. The van der Waals surface area contributed by atoms with Gasteiger partial charge in [0, 0.05) is 5.56 Å². The second-order valence-electron chi connectivity index (χ2n) is 5.06. The molecule has 110 valence electrons. The Bertz CT molecular complexity index is 607. The zero-order valence-electron chi connectivity index (χ0n) is 11.8. The van der Waals surface area contributed by atoms with Crippen molar-refractivity contribution in [2.24, 2.45) is 0 Å². The van der Waals surface area contributed by atoms with Crippen molar-refractivity contribution in [3.8, 4) is 5.75 Å². The van der Waals surface area contributed by atoms with E-state index in [9.17, 15) is 4.39 Å². The van der Waals surface area contributed by atoms with Crippen molar-refractivity contribution in [3.63, 3.8) is 0 Å². The normalized spacial score (nSPS) is 16.9. The van der Waals surface area contributed by atoms with Crippen LogP contribution < -0.4 is 4.74 Å². The third-order valence-electron chi connectivity index (χ3n) is 3.53. The van der Waals surface area contributed by atoms with Gasteiger partial charge in [-0.25, -0.2) is 4.39 Å². The first-order chi connectivity index (χ1) is 10.2. The third-order valence-corrected chi connectivity index (χ3v) is 3.53. The van der Waals surface area contributed by atoms with E-state index in [4.69, 9.17) is 14.2 Å². The molecule has 21 heavy (non-hydrogen) atoms. The second-order valence-corrected chi connectivity index (χ2v) is 5.06. The van der Waals surface area contributed by atoms with Crippen molar-refractivity contribution in [1.82, 2.24) is 0 Å². The van der Waals surface area contributed by atoms with Gasteiger partial charge in [0.2, 0.25) is 0 Å². The van der Waals surface area contributed by atoms with Gasteiger partial charge in [0.15, 0.2) is 17.4 Å². The first-order valence-electron chi connectivity index (χ1n) is 6.92. The molecular formula is C17H17FO3. The van der Waals surface area contributed by atoms with Crippen molar-refractivity contribution in [2.75, 3.05) is 13.2 Å². The van der Waals surface area contributed by atoms with Crippen LogP contribution in [0.2, 0.25) is 0 Å². The molecule has 2 aromatic carbocycles. The number of hydrogen-bond acceptors (Lipinski definition) is 3. The van der Waals surface area contributed by atoms with Gasteiger partial charge in [-0.2, -0.15) is 0 Å². The summed E-state index contributed by atoms with van der Waals surface area (Å²) < 4.78 is 30.7. The van der Waals surface area contributed by atoms with Crippen LogP contribution in [-0.4, -0.2) is 13.2 Å². The molecule has 4 heteroatoms. The molecule has 0 aromatic heterocycles. The van der Waals surface area contributed by atoms with Gasteiger partial charge >= 0.3 is 0 Å². The highest BCUT2D eigenvalue weighted by Gasteiger charge is 2.33. The van der Waals surface area contributed by atoms with Crippen molar-refractivity contribution in [1.29, 1.82) is 0 Å².